The van der Waals surface area contributed by atoms with Crippen molar-refractivity contribution >= 4 is 34.4 Å². The van der Waals surface area contributed by atoms with Crippen molar-refractivity contribution in [2.24, 2.45) is 0 Å². The van der Waals surface area contributed by atoms with Gasteiger partial charge >= 0.3 is 5.69 Å². The summed E-state index contributed by atoms with van der Waals surface area (Å²) >= 11 is 11.9. The molecule has 0 unspecified atom stereocenters. The molecule has 0 aliphatic rings. The minimum absolute atomic E-state index is 0.113. The molecule has 0 spiro atoms. The van der Waals surface area contributed by atoms with Gasteiger partial charge < -0.3 is 0 Å². The van der Waals surface area contributed by atoms with Crippen LogP contribution in [0, 0.1) is 0 Å². The molecule has 0 bridgehead atoms. The SMILES string of the molecule is O=c1c2nccnc2n(Cc2ccc(Cl)cc2)c(=O)n1Cc1ccc(Cl)cc1. The van der Waals surface area contributed by atoms with Crippen LogP contribution in [0.5, 0.6) is 0 Å². The monoisotopic (exact) mass is 412 g/mol. The van der Waals surface area contributed by atoms with Crippen LogP contribution in [0.2, 0.25) is 10.0 Å². The van der Waals surface area contributed by atoms with E-state index in [-0.39, 0.29) is 24.3 Å². The van der Waals surface area contributed by atoms with Gasteiger partial charge in [0.25, 0.3) is 5.56 Å². The van der Waals surface area contributed by atoms with Crippen molar-refractivity contribution in [3.63, 3.8) is 0 Å². The molecule has 140 valence electrons. The van der Waals surface area contributed by atoms with Gasteiger partial charge in [-0.1, -0.05) is 47.5 Å². The summed E-state index contributed by atoms with van der Waals surface area (Å²) in [6.45, 7) is 0.355. The Labute approximate surface area is 169 Å². The van der Waals surface area contributed by atoms with E-state index < -0.39 is 11.2 Å². The molecule has 0 aliphatic carbocycles. The van der Waals surface area contributed by atoms with Gasteiger partial charge in [-0.3, -0.25) is 13.9 Å². The van der Waals surface area contributed by atoms with Crippen LogP contribution < -0.4 is 11.2 Å². The lowest BCUT2D eigenvalue weighted by Gasteiger charge is -2.13. The highest BCUT2D eigenvalue weighted by Gasteiger charge is 2.15. The summed E-state index contributed by atoms with van der Waals surface area (Å²) in [7, 11) is 0. The van der Waals surface area contributed by atoms with Gasteiger partial charge in [0.15, 0.2) is 11.2 Å². The third-order valence-corrected chi connectivity index (χ3v) is 4.86. The molecule has 4 aromatic rings. The summed E-state index contributed by atoms with van der Waals surface area (Å²) in [5.41, 5.74) is 1.10. The molecule has 2 aromatic heterocycles. The summed E-state index contributed by atoms with van der Waals surface area (Å²) in [6, 6.07) is 14.1. The Balaban J connectivity index is 1.88. The van der Waals surface area contributed by atoms with E-state index in [0.29, 0.717) is 10.0 Å². The number of aromatic nitrogens is 4. The summed E-state index contributed by atoms with van der Waals surface area (Å²) in [5, 5.41) is 1.19. The first kappa shape index (κ1) is 18.4. The minimum atomic E-state index is -0.476. The van der Waals surface area contributed by atoms with Crippen molar-refractivity contribution in [3.8, 4) is 0 Å². The summed E-state index contributed by atoms with van der Waals surface area (Å²) in [6.07, 6.45) is 2.90. The van der Waals surface area contributed by atoms with Crippen molar-refractivity contribution < 1.29 is 0 Å². The van der Waals surface area contributed by atoms with Crippen LogP contribution in [0.3, 0.4) is 0 Å². The fraction of sp³-hybridized carbons (Fsp3) is 0.100. The number of rotatable bonds is 4. The van der Waals surface area contributed by atoms with Gasteiger partial charge in [0.05, 0.1) is 13.1 Å². The average molecular weight is 413 g/mol. The molecule has 0 fully saturated rings. The average Bonchev–Trinajstić information content (AvgIpc) is 2.71. The molecule has 0 radical (unpaired) electrons. The maximum absolute atomic E-state index is 13.2. The second kappa shape index (κ2) is 7.58. The van der Waals surface area contributed by atoms with Crippen LogP contribution in [0.4, 0.5) is 0 Å². The highest BCUT2D eigenvalue weighted by atomic mass is 35.5. The summed E-state index contributed by atoms with van der Waals surface area (Å²) < 4.78 is 2.61. The molecule has 2 heterocycles. The van der Waals surface area contributed by atoms with Crippen molar-refractivity contribution in [2.45, 2.75) is 13.1 Å². The van der Waals surface area contributed by atoms with Crippen LogP contribution in [0.25, 0.3) is 11.2 Å². The number of hydrogen-bond acceptors (Lipinski definition) is 4. The zero-order valence-corrected chi connectivity index (χ0v) is 16.1. The Kier molecular flexibility index (Phi) is 4.98. The van der Waals surface area contributed by atoms with Gasteiger partial charge in [0, 0.05) is 22.4 Å². The van der Waals surface area contributed by atoms with E-state index in [9.17, 15) is 9.59 Å². The van der Waals surface area contributed by atoms with E-state index >= 15 is 0 Å². The molecule has 28 heavy (non-hydrogen) atoms. The fourth-order valence-electron chi connectivity index (χ4n) is 2.96. The van der Waals surface area contributed by atoms with Crippen molar-refractivity contribution in [2.75, 3.05) is 0 Å². The Morgan fingerprint density at radius 2 is 1.21 bits per heavy atom. The topological polar surface area (TPSA) is 69.8 Å². The molecule has 0 N–H and O–H groups in total. The lowest BCUT2D eigenvalue weighted by Crippen LogP contribution is -2.41. The maximum atomic E-state index is 13.2. The first-order chi connectivity index (χ1) is 13.5. The molecule has 2 aromatic carbocycles. The third-order valence-electron chi connectivity index (χ3n) is 4.35. The number of halogens is 2. The number of hydrogen-bond donors (Lipinski definition) is 0. The van der Waals surface area contributed by atoms with Crippen LogP contribution in [-0.2, 0) is 13.1 Å². The van der Waals surface area contributed by atoms with Gasteiger partial charge in [0.2, 0.25) is 0 Å². The van der Waals surface area contributed by atoms with Crippen LogP contribution >= 0.6 is 23.2 Å². The normalized spacial score (nSPS) is 11.1. The first-order valence-corrected chi connectivity index (χ1v) is 9.22. The minimum Gasteiger partial charge on any atom is -0.272 e. The first-order valence-electron chi connectivity index (χ1n) is 8.46. The maximum Gasteiger partial charge on any atom is 0.333 e. The van der Waals surface area contributed by atoms with Crippen LogP contribution in [0.15, 0.2) is 70.5 Å². The predicted molar refractivity (Wildman–Crippen MR) is 109 cm³/mol. The van der Waals surface area contributed by atoms with Gasteiger partial charge in [-0.2, -0.15) is 0 Å². The Bertz CT molecular complexity index is 1260. The molecule has 8 heteroatoms. The van der Waals surface area contributed by atoms with E-state index in [4.69, 9.17) is 23.2 Å². The highest BCUT2D eigenvalue weighted by molar-refractivity contribution is 6.30. The summed E-state index contributed by atoms with van der Waals surface area (Å²) in [4.78, 5) is 34.4. The van der Waals surface area contributed by atoms with Crippen molar-refractivity contribution in [3.05, 3.63) is 103 Å². The lowest BCUT2D eigenvalue weighted by atomic mass is 10.2. The Hall–Kier alpha value is -2.96. The molecular weight excluding hydrogens is 399 g/mol. The summed E-state index contributed by atoms with van der Waals surface area (Å²) in [5.74, 6) is 0. The predicted octanol–water partition coefficient (Wildman–Crippen LogP) is 3.36. The van der Waals surface area contributed by atoms with Gasteiger partial charge in [-0.25, -0.2) is 14.8 Å². The third kappa shape index (κ3) is 3.56. The zero-order chi connectivity index (χ0) is 19.7. The quantitative estimate of drug-likeness (QED) is 0.515. The van der Waals surface area contributed by atoms with Gasteiger partial charge in [-0.15, -0.1) is 0 Å². The molecule has 0 saturated heterocycles. The zero-order valence-electron chi connectivity index (χ0n) is 14.5. The van der Waals surface area contributed by atoms with E-state index in [1.165, 1.54) is 17.0 Å². The van der Waals surface area contributed by atoms with Crippen molar-refractivity contribution in [1.29, 1.82) is 0 Å². The van der Waals surface area contributed by atoms with E-state index in [1.54, 1.807) is 36.4 Å². The smallest absolute Gasteiger partial charge is 0.272 e. The molecule has 0 saturated carbocycles. The lowest BCUT2D eigenvalue weighted by molar-refractivity contribution is 0.628. The molecule has 6 nitrogen and oxygen atoms in total. The Morgan fingerprint density at radius 3 is 1.79 bits per heavy atom. The molecule has 0 aliphatic heterocycles. The largest absolute Gasteiger partial charge is 0.333 e. The Morgan fingerprint density at radius 1 is 0.714 bits per heavy atom. The second-order valence-electron chi connectivity index (χ2n) is 6.24. The van der Waals surface area contributed by atoms with E-state index in [1.807, 2.05) is 12.1 Å². The molecular formula is C20H14Cl2N4O2. The number of fused-ring (bicyclic) bond motifs is 1. The number of benzene rings is 2. The van der Waals surface area contributed by atoms with Crippen LogP contribution in [-0.4, -0.2) is 19.1 Å². The van der Waals surface area contributed by atoms with Crippen LogP contribution in [0.1, 0.15) is 11.1 Å². The fourth-order valence-corrected chi connectivity index (χ4v) is 3.21. The van der Waals surface area contributed by atoms with Gasteiger partial charge in [-0.05, 0) is 35.4 Å². The number of nitrogens with zero attached hydrogens (tertiary/aromatic N) is 4. The second-order valence-corrected chi connectivity index (χ2v) is 7.11. The molecule has 0 atom stereocenters. The highest BCUT2D eigenvalue weighted by Crippen LogP contribution is 2.13. The van der Waals surface area contributed by atoms with E-state index in [2.05, 4.69) is 9.97 Å². The standard InChI is InChI=1S/C20H14Cl2N4O2/c21-15-5-1-13(2-6-15)11-25-18-17(23-9-10-24-18)19(27)26(20(25)28)12-14-3-7-16(22)8-4-14/h1-10H,11-12H2. The molecule has 4 rings (SSSR count). The molecule has 0 amide bonds. The van der Waals surface area contributed by atoms with Crippen molar-refractivity contribution in [1.82, 2.24) is 19.1 Å². The van der Waals surface area contributed by atoms with E-state index in [0.717, 1.165) is 15.7 Å². The van der Waals surface area contributed by atoms with Gasteiger partial charge in [0.1, 0.15) is 0 Å².